The predicted octanol–water partition coefficient (Wildman–Crippen LogP) is 1.74. The SMILES string of the molecule is COC(=O)c1nc(Br)c(C2OCCO2)s1. The molecule has 1 aromatic rings. The number of nitrogens with zero attached hydrogens (tertiary/aromatic N) is 1. The quantitative estimate of drug-likeness (QED) is 0.778. The Morgan fingerprint density at radius 1 is 1.60 bits per heavy atom. The van der Waals surface area contributed by atoms with Gasteiger partial charge in [-0.05, 0) is 15.9 Å². The van der Waals surface area contributed by atoms with E-state index >= 15 is 0 Å². The van der Waals surface area contributed by atoms with Crippen LogP contribution in [0.15, 0.2) is 4.60 Å². The molecular weight excluding hydrogens is 286 g/mol. The summed E-state index contributed by atoms with van der Waals surface area (Å²) >= 11 is 4.46. The molecular formula is C8H8BrNO4S. The van der Waals surface area contributed by atoms with Crippen LogP contribution in [0, 0.1) is 0 Å². The summed E-state index contributed by atoms with van der Waals surface area (Å²) in [5.41, 5.74) is 0. The lowest BCUT2D eigenvalue weighted by Gasteiger charge is -2.04. The third-order valence-electron chi connectivity index (χ3n) is 1.81. The molecule has 5 nitrogen and oxygen atoms in total. The number of hydrogen-bond donors (Lipinski definition) is 0. The summed E-state index contributed by atoms with van der Waals surface area (Å²) < 4.78 is 15.8. The molecule has 0 aliphatic carbocycles. The van der Waals surface area contributed by atoms with E-state index < -0.39 is 12.3 Å². The van der Waals surface area contributed by atoms with Crippen LogP contribution in [0.3, 0.4) is 0 Å². The van der Waals surface area contributed by atoms with Gasteiger partial charge in [0, 0.05) is 0 Å². The monoisotopic (exact) mass is 293 g/mol. The van der Waals surface area contributed by atoms with Crippen LogP contribution >= 0.6 is 27.3 Å². The highest BCUT2D eigenvalue weighted by Gasteiger charge is 2.26. The van der Waals surface area contributed by atoms with Gasteiger partial charge in [-0.25, -0.2) is 9.78 Å². The van der Waals surface area contributed by atoms with E-state index in [0.29, 0.717) is 22.8 Å². The number of rotatable bonds is 2. The van der Waals surface area contributed by atoms with Gasteiger partial charge in [0.05, 0.1) is 25.2 Å². The average Bonchev–Trinajstić information content (AvgIpc) is 2.84. The van der Waals surface area contributed by atoms with Crippen molar-refractivity contribution in [3.63, 3.8) is 0 Å². The van der Waals surface area contributed by atoms with E-state index in [0.717, 1.165) is 4.88 Å². The average molecular weight is 294 g/mol. The lowest BCUT2D eigenvalue weighted by Crippen LogP contribution is -1.99. The normalized spacial score (nSPS) is 16.9. The number of thiazole rings is 1. The van der Waals surface area contributed by atoms with Gasteiger partial charge in [-0.1, -0.05) is 0 Å². The molecule has 0 aromatic carbocycles. The molecule has 2 heterocycles. The molecule has 1 saturated heterocycles. The Bertz CT molecular complexity index is 375. The molecule has 1 fully saturated rings. The summed E-state index contributed by atoms with van der Waals surface area (Å²) in [4.78, 5) is 16.0. The molecule has 82 valence electrons. The smallest absolute Gasteiger partial charge is 0.367 e. The highest BCUT2D eigenvalue weighted by molar-refractivity contribution is 9.10. The van der Waals surface area contributed by atoms with Gasteiger partial charge in [0.15, 0.2) is 6.29 Å². The van der Waals surface area contributed by atoms with E-state index in [4.69, 9.17) is 9.47 Å². The fraction of sp³-hybridized carbons (Fsp3) is 0.500. The van der Waals surface area contributed by atoms with Crippen molar-refractivity contribution in [2.24, 2.45) is 0 Å². The maximum absolute atomic E-state index is 11.2. The van der Waals surface area contributed by atoms with E-state index in [2.05, 4.69) is 25.7 Å². The van der Waals surface area contributed by atoms with Gasteiger partial charge < -0.3 is 14.2 Å². The number of esters is 1. The molecule has 15 heavy (non-hydrogen) atoms. The Hall–Kier alpha value is -0.500. The number of ether oxygens (including phenoxy) is 3. The third kappa shape index (κ3) is 2.20. The van der Waals surface area contributed by atoms with E-state index in [1.807, 2.05) is 0 Å². The van der Waals surface area contributed by atoms with Gasteiger partial charge in [-0.2, -0.15) is 0 Å². The minimum absolute atomic E-state index is 0.290. The zero-order valence-electron chi connectivity index (χ0n) is 7.86. The van der Waals surface area contributed by atoms with E-state index in [1.165, 1.54) is 18.4 Å². The molecule has 1 aliphatic rings. The number of hydrogen-bond acceptors (Lipinski definition) is 6. The first kappa shape index (κ1) is 11.0. The summed E-state index contributed by atoms with van der Waals surface area (Å²) in [6.45, 7) is 1.12. The third-order valence-corrected chi connectivity index (χ3v) is 3.73. The van der Waals surface area contributed by atoms with Crippen LogP contribution < -0.4 is 0 Å². The second-order valence-electron chi connectivity index (χ2n) is 2.74. The fourth-order valence-corrected chi connectivity index (χ4v) is 2.74. The van der Waals surface area contributed by atoms with Crippen molar-refractivity contribution in [3.8, 4) is 0 Å². The first-order valence-electron chi connectivity index (χ1n) is 4.20. The van der Waals surface area contributed by atoms with E-state index in [9.17, 15) is 4.79 Å². The largest absolute Gasteiger partial charge is 0.464 e. The molecule has 1 aromatic heterocycles. The molecule has 0 amide bonds. The van der Waals surface area contributed by atoms with E-state index in [-0.39, 0.29) is 0 Å². The first-order chi connectivity index (χ1) is 7.22. The number of carbonyl (C=O) groups is 1. The molecule has 2 rings (SSSR count). The van der Waals surface area contributed by atoms with Crippen molar-refractivity contribution in [1.29, 1.82) is 0 Å². The van der Waals surface area contributed by atoms with Crippen LogP contribution in [0.25, 0.3) is 0 Å². The highest BCUT2D eigenvalue weighted by Crippen LogP contribution is 2.34. The highest BCUT2D eigenvalue weighted by atomic mass is 79.9. The molecule has 7 heteroatoms. The summed E-state index contributed by atoms with van der Waals surface area (Å²) in [6, 6.07) is 0. The number of carbonyl (C=O) groups excluding carboxylic acids is 1. The molecule has 0 atom stereocenters. The van der Waals surface area contributed by atoms with Crippen LogP contribution in [0.5, 0.6) is 0 Å². The van der Waals surface area contributed by atoms with Crippen LogP contribution in [-0.4, -0.2) is 31.3 Å². The molecule has 0 saturated carbocycles. The lowest BCUT2D eigenvalue weighted by atomic mass is 10.5. The van der Waals surface area contributed by atoms with Crippen molar-refractivity contribution >= 4 is 33.2 Å². The summed E-state index contributed by atoms with van der Waals surface area (Å²) in [7, 11) is 1.32. The Morgan fingerprint density at radius 2 is 2.27 bits per heavy atom. The minimum atomic E-state index is -0.454. The molecule has 1 aliphatic heterocycles. The molecule has 0 bridgehead atoms. The van der Waals surface area contributed by atoms with Crippen molar-refractivity contribution in [2.75, 3.05) is 20.3 Å². The molecule has 0 spiro atoms. The Labute approximate surface area is 98.5 Å². The Kier molecular flexibility index (Phi) is 3.35. The maximum atomic E-state index is 11.2. The topological polar surface area (TPSA) is 57.7 Å². The Morgan fingerprint density at radius 3 is 2.87 bits per heavy atom. The molecule has 0 unspecified atom stereocenters. The van der Waals surface area contributed by atoms with Gasteiger partial charge in [0.25, 0.3) is 0 Å². The van der Waals surface area contributed by atoms with Crippen molar-refractivity contribution in [1.82, 2.24) is 4.98 Å². The number of aromatic nitrogens is 1. The fourth-order valence-electron chi connectivity index (χ4n) is 1.14. The van der Waals surface area contributed by atoms with Crippen molar-refractivity contribution in [2.45, 2.75) is 6.29 Å². The number of methoxy groups -OCH3 is 1. The lowest BCUT2D eigenvalue weighted by molar-refractivity contribution is -0.0419. The maximum Gasteiger partial charge on any atom is 0.367 e. The van der Waals surface area contributed by atoms with Crippen molar-refractivity contribution in [3.05, 3.63) is 14.5 Å². The van der Waals surface area contributed by atoms with Gasteiger partial charge in [0.1, 0.15) is 4.60 Å². The van der Waals surface area contributed by atoms with E-state index in [1.54, 1.807) is 0 Å². The van der Waals surface area contributed by atoms with Gasteiger partial charge in [-0.3, -0.25) is 0 Å². The summed E-state index contributed by atoms with van der Waals surface area (Å²) in [5.74, 6) is -0.454. The summed E-state index contributed by atoms with van der Waals surface area (Å²) in [6.07, 6.45) is -0.421. The zero-order valence-corrected chi connectivity index (χ0v) is 10.3. The van der Waals surface area contributed by atoms with Crippen LogP contribution in [0.1, 0.15) is 21.0 Å². The van der Waals surface area contributed by atoms with Crippen LogP contribution in [0.2, 0.25) is 0 Å². The van der Waals surface area contributed by atoms with Gasteiger partial charge in [0.2, 0.25) is 5.01 Å². The van der Waals surface area contributed by atoms with Crippen molar-refractivity contribution < 1.29 is 19.0 Å². The predicted molar refractivity (Wildman–Crippen MR) is 55.8 cm³/mol. The second kappa shape index (κ2) is 4.56. The number of halogens is 1. The summed E-state index contributed by atoms with van der Waals surface area (Å²) in [5, 5.41) is 0.290. The standard InChI is InChI=1S/C8H8BrNO4S/c1-12-7(11)6-10-5(9)4(15-6)8-13-2-3-14-8/h8H,2-3H2,1H3. The minimum Gasteiger partial charge on any atom is -0.464 e. The van der Waals surface area contributed by atoms with Crippen LogP contribution in [-0.2, 0) is 14.2 Å². The zero-order chi connectivity index (χ0) is 10.8. The molecule has 0 N–H and O–H groups in total. The second-order valence-corrected chi connectivity index (χ2v) is 4.52. The Balaban J connectivity index is 2.24. The van der Waals surface area contributed by atoms with Gasteiger partial charge in [-0.15, -0.1) is 11.3 Å². The van der Waals surface area contributed by atoms with Gasteiger partial charge >= 0.3 is 5.97 Å². The van der Waals surface area contributed by atoms with Crippen LogP contribution in [0.4, 0.5) is 0 Å². The molecule has 0 radical (unpaired) electrons. The first-order valence-corrected chi connectivity index (χ1v) is 5.81.